The number of aryl methyl sites for hydroxylation is 1. The van der Waals surface area contributed by atoms with Gasteiger partial charge in [-0.2, -0.15) is 0 Å². The third-order valence-corrected chi connectivity index (χ3v) is 4.26. The summed E-state index contributed by atoms with van der Waals surface area (Å²) in [4.78, 5) is 13.7. The first-order valence-corrected chi connectivity index (χ1v) is 7.18. The molecule has 0 radical (unpaired) electrons. The van der Waals surface area contributed by atoms with E-state index in [2.05, 4.69) is 6.92 Å². The van der Waals surface area contributed by atoms with Gasteiger partial charge in [0.1, 0.15) is 11.5 Å². The van der Waals surface area contributed by atoms with Crippen LogP contribution in [0.1, 0.15) is 43.6 Å². The molecule has 104 valence electrons. The largest absolute Gasteiger partial charge is 0.466 e. The molecule has 4 nitrogen and oxygen atoms in total. The summed E-state index contributed by atoms with van der Waals surface area (Å²) in [5, 5.41) is 9.42. The molecule has 3 atom stereocenters. The summed E-state index contributed by atoms with van der Waals surface area (Å²) in [5.74, 6) is 3.44. The standard InChI is InChI=1S/C15H21NO3/c1-10-8-13(10)14-4-2-12(19-14)3-5-15(18)16-7-6-11(17)9-16/h2,4,10-11,13,17H,3,5-9H2,1H3/t10?,11-,13?/m1/s1. The Kier molecular flexibility index (Phi) is 3.35. The molecular formula is C15H21NO3. The van der Waals surface area contributed by atoms with Crippen molar-refractivity contribution in [2.24, 2.45) is 5.92 Å². The van der Waals surface area contributed by atoms with E-state index >= 15 is 0 Å². The molecule has 2 heterocycles. The lowest BCUT2D eigenvalue weighted by molar-refractivity contribution is -0.130. The highest BCUT2D eigenvalue weighted by atomic mass is 16.3. The van der Waals surface area contributed by atoms with Gasteiger partial charge in [-0.15, -0.1) is 0 Å². The van der Waals surface area contributed by atoms with E-state index in [1.165, 1.54) is 6.42 Å². The van der Waals surface area contributed by atoms with Gasteiger partial charge in [-0.1, -0.05) is 6.92 Å². The Balaban J connectivity index is 1.49. The maximum absolute atomic E-state index is 11.9. The summed E-state index contributed by atoms with van der Waals surface area (Å²) in [6.07, 6.45) is 2.72. The summed E-state index contributed by atoms with van der Waals surface area (Å²) < 4.78 is 5.79. The SMILES string of the molecule is CC1CC1c1ccc(CCC(=O)N2CC[C@@H](O)C2)o1. The first-order chi connectivity index (χ1) is 9.13. The normalized spacial score (nSPS) is 29.8. The van der Waals surface area contributed by atoms with Crippen LogP contribution in [0.2, 0.25) is 0 Å². The molecule has 19 heavy (non-hydrogen) atoms. The summed E-state index contributed by atoms with van der Waals surface area (Å²) >= 11 is 0. The minimum atomic E-state index is -0.337. The third kappa shape index (κ3) is 2.84. The number of β-amino-alcohol motifs (C(OH)–C–C–N with tert-alkyl or cyclic N) is 1. The number of aliphatic hydroxyl groups is 1. The second-order valence-corrected chi connectivity index (χ2v) is 5.91. The van der Waals surface area contributed by atoms with Gasteiger partial charge in [0.05, 0.1) is 6.10 Å². The number of rotatable bonds is 4. The number of likely N-dealkylation sites (tertiary alicyclic amines) is 1. The minimum absolute atomic E-state index is 0.120. The Bertz CT molecular complexity index is 468. The Labute approximate surface area is 113 Å². The molecule has 1 saturated heterocycles. The first-order valence-electron chi connectivity index (χ1n) is 7.18. The van der Waals surface area contributed by atoms with Crippen molar-refractivity contribution in [2.45, 2.75) is 44.6 Å². The van der Waals surface area contributed by atoms with Gasteiger partial charge in [0.15, 0.2) is 0 Å². The smallest absolute Gasteiger partial charge is 0.223 e. The molecule has 1 amide bonds. The van der Waals surface area contributed by atoms with Gasteiger partial charge in [0, 0.05) is 31.8 Å². The number of hydrogen-bond donors (Lipinski definition) is 1. The second-order valence-electron chi connectivity index (χ2n) is 5.91. The maximum Gasteiger partial charge on any atom is 0.223 e. The third-order valence-electron chi connectivity index (χ3n) is 4.26. The van der Waals surface area contributed by atoms with Crippen molar-refractivity contribution in [3.8, 4) is 0 Å². The van der Waals surface area contributed by atoms with E-state index in [4.69, 9.17) is 4.42 Å². The van der Waals surface area contributed by atoms with Crippen LogP contribution in [0.3, 0.4) is 0 Å². The number of nitrogens with zero attached hydrogens (tertiary/aromatic N) is 1. The van der Waals surface area contributed by atoms with E-state index in [0.29, 0.717) is 38.3 Å². The van der Waals surface area contributed by atoms with Gasteiger partial charge in [-0.3, -0.25) is 4.79 Å². The molecule has 0 aromatic carbocycles. The fourth-order valence-electron chi connectivity index (χ4n) is 2.80. The Morgan fingerprint density at radius 1 is 1.53 bits per heavy atom. The summed E-state index contributed by atoms with van der Waals surface area (Å²) in [5.41, 5.74) is 0. The Morgan fingerprint density at radius 3 is 2.95 bits per heavy atom. The molecule has 0 bridgehead atoms. The molecule has 4 heteroatoms. The molecule has 2 aliphatic rings. The van der Waals surface area contributed by atoms with Crippen LogP contribution in [0.25, 0.3) is 0 Å². The monoisotopic (exact) mass is 263 g/mol. The van der Waals surface area contributed by atoms with Crippen LogP contribution in [-0.4, -0.2) is 35.1 Å². The number of carbonyl (C=O) groups excluding carboxylic acids is 1. The first kappa shape index (κ1) is 12.7. The average molecular weight is 263 g/mol. The molecule has 2 fully saturated rings. The predicted molar refractivity (Wildman–Crippen MR) is 70.8 cm³/mol. The van der Waals surface area contributed by atoms with E-state index in [0.717, 1.165) is 17.4 Å². The quantitative estimate of drug-likeness (QED) is 0.903. The van der Waals surface area contributed by atoms with Crippen molar-refractivity contribution in [1.29, 1.82) is 0 Å². The molecule has 0 spiro atoms. The molecule has 1 aliphatic heterocycles. The molecule has 1 N–H and O–H groups in total. The van der Waals surface area contributed by atoms with Crippen LogP contribution in [-0.2, 0) is 11.2 Å². The van der Waals surface area contributed by atoms with E-state index in [1.54, 1.807) is 4.90 Å². The minimum Gasteiger partial charge on any atom is -0.466 e. The number of furan rings is 1. The van der Waals surface area contributed by atoms with Crippen LogP contribution in [0.5, 0.6) is 0 Å². The lowest BCUT2D eigenvalue weighted by atomic mass is 10.2. The van der Waals surface area contributed by atoms with E-state index in [9.17, 15) is 9.90 Å². The van der Waals surface area contributed by atoms with Crippen molar-refractivity contribution in [3.05, 3.63) is 23.7 Å². The van der Waals surface area contributed by atoms with Crippen molar-refractivity contribution in [3.63, 3.8) is 0 Å². The summed E-state index contributed by atoms with van der Waals surface area (Å²) in [6, 6.07) is 4.04. The van der Waals surface area contributed by atoms with Crippen molar-refractivity contribution in [2.75, 3.05) is 13.1 Å². The molecule has 2 unspecified atom stereocenters. The van der Waals surface area contributed by atoms with Crippen molar-refractivity contribution >= 4 is 5.91 Å². The van der Waals surface area contributed by atoms with Crippen LogP contribution in [0, 0.1) is 5.92 Å². The molecule has 3 rings (SSSR count). The highest BCUT2D eigenvalue weighted by molar-refractivity contribution is 5.76. The predicted octanol–water partition coefficient (Wildman–Crippen LogP) is 1.93. The fraction of sp³-hybridized carbons (Fsp3) is 0.667. The van der Waals surface area contributed by atoms with Gasteiger partial charge in [0.25, 0.3) is 0 Å². The van der Waals surface area contributed by atoms with Gasteiger partial charge in [0.2, 0.25) is 5.91 Å². The maximum atomic E-state index is 11.9. The molecule has 1 aromatic rings. The van der Waals surface area contributed by atoms with Crippen LogP contribution >= 0.6 is 0 Å². The number of aliphatic hydroxyl groups excluding tert-OH is 1. The van der Waals surface area contributed by atoms with Crippen LogP contribution < -0.4 is 0 Å². The van der Waals surface area contributed by atoms with E-state index in [-0.39, 0.29) is 12.0 Å². The van der Waals surface area contributed by atoms with Gasteiger partial charge in [-0.05, 0) is 30.9 Å². The topological polar surface area (TPSA) is 53.7 Å². The van der Waals surface area contributed by atoms with Crippen LogP contribution in [0.4, 0.5) is 0 Å². The zero-order valence-corrected chi connectivity index (χ0v) is 11.3. The summed E-state index contributed by atoms with van der Waals surface area (Å²) in [7, 11) is 0. The van der Waals surface area contributed by atoms with Crippen LogP contribution in [0.15, 0.2) is 16.5 Å². The zero-order valence-electron chi connectivity index (χ0n) is 11.3. The highest BCUT2D eigenvalue weighted by Gasteiger charge is 2.36. The number of hydrogen-bond acceptors (Lipinski definition) is 3. The lowest BCUT2D eigenvalue weighted by Crippen LogP contribution is -2.29. The fourth-order valence-corrected chi connectivity index (χ4v) is 2.80. The highest BCUT2D eigenvalue weighted by Crippen LogP contribution is 2.47. The average Bonchev–Trinajstić information content (AvgIpc) is 2.84. The summed E-state index contributed by atoms with van der Waals surface area (Å²) in [6.45, 7) is 3.40. The molecule has 1 saturated carbocycles. The molecule has 1 aromatic heterocycles. The van der Waals surface area contributed by atoms with Gasteiger partial charge in [-0.25, -0.2) is 0 Å². The van der Waals surface area contributed by atoms with Gasteiger partial charge < -0.3 is 14.4 Å². The zero-order chi connectivity index (χ0) is 13.4. The second kappa shape index (κ2) is 5.00. The molecule has 1 aliphatic carbocycles. The van der Waals surface area contributed by atoms with Crippen molar-refractivity contribution in [1.82, 2.24) is 4.90 Å². The lowest BCUT2D eigenvalue weighted by Gasteiger charge is -2.14. The molecular weight excluding hydrogens is 242 g/mol. The number of amides is 1. The van der Waals surface area contributed by atoms with E-state index in [1.807, 2.05) is 12.1 Å². The Hall–Kier alpha value is -1.29. The van der Waals surface area contributed by atoms with Gasteiger partial charge >= 0.3 is 0 Å². The Morgan fingerprint density at radius 2 is 2.32 bits per heavy atom. The van der Waals surface area contributed by atoms with Crippen molar-refractivity contribution < 1.29 is 14.3 Å². The number of carbonyl (C=O) groups is 1. The van der Waals surface area contributed by atoms with E-state index < -0.39 is 0 Å².